The topological polar surface area (TPSA) is 29.5 Å². The van der Waals surface area contributed by atoms with Crippen LogP contribution in [0.3, 0.4) is 0 Å². The van der Waals surface area contributed by atoms with Crippen LogP contribution in [0, 0.1) is 17.3 Å². The van der Waals surface area contributed by atoms with Crippen LogP contribution in [0.2, 0.25) is 0 Å². The van der Waals surface area contributed by atoms with Gasteiger partial charge in [-0.2, -0.15) is 0 Å². The molecule has 1 aliphatic rings. The van der Waals surface area contributed by atoms with Crippen molar-refractivity contribution in [2.24, 2.45) is 17.3 Å². The van der Waals surface area contributed by atoms with Crippen LogP contribution in [0.1, 0.15) is 72.3 Å². The van der Waals surface area contributed by atoms with Gasteiger partial charge < -0.3 is 9.64 Å². The molecule has 27 heavy (non-hydrogen) atoms. The molecule has 1 saturated heterocycles. The molecule has 1 aliphatic heterocycles. The van der Waals surface area contributed by atoms with E-state index in [2.05, 4.69) is 39.8 Å². The summed E-state index contributed by atoms with van der Waals surface area (Å²) in [4.78, 5) is 14.3. The average Bonchev–Trinajstić information content (AvgIpc) is 2.64. The summed E-state index contributed by atoms with van der Waals surface area (Å²) in [6, 6.07) is 10.3. The van der Waals surface area contributed by atoms with Crippen LogP contribution in [0.5, 0.6) is 0 Å². The summed E-state index contributed by atoms with van der Waals surface area (Å²) in [6.07, 6.45) is 6.19. The van der Waals surface area contributed by atoms with E-state index in [1.165, 1.54) is 18.4 Å². The van der Waals surface area contributed by atoms with Crippen LogP contribution in [-0.2, 0) is 16.1 Å². The number of carbonyl (C=O) groups excluding carboxylic acids is 1. The number of benzene rings is 1. The van der Waals surface area contributed by atoms with Crippen molar-refractivity contribution in [2.45, 2.75) is 79.4 Å². The number of rotatable bonds is 9. The summed E-state index contributed by atoms with van der Waals surface area (Å²) in [7, 11) is 0. The number of carbonyl (C=O) groups is 1. The van der Waals surface area contributed by atoms with Crippen LogP contribution in [0.15, 0.2) is 30.3 Å². The zero-order chi connectivity index (χ0) is 19.9. The van der Waals surface area contributed by atoms with E-state index >= 15 is 0 Å². The van der Waals surface area contributed by atoms with Crippen molar-refractivity contribution in [1.29, 1.82) is 0 Å². The Hall–Kier alpha value is -1.35. The Labute approximate surface area is 166 Å². The third-order valence-electron chi connectivity index (χ3n) is 6.17. The minimum Gasteiger partial charge on any atom is -0.378 e. The summed E-state index contributed by atoms with van der Waals surface area (Å²) in [5, 5.41) is 0. The highest BCUT2D eigenvalue weighted by Crippen LogP contribution is 2.43. The molecular weight excluding hydrogens is 334 g/mol. The molecule has 152 valence electrons. The maximum atomic E-state index is 12.3. The number of ether oxygens (including phenoxy) is 1. The molecule has 1 aromatic carbocycles. The second-order valence-corrected chi connectivity index (χ2v) is 9.22. The molecule has 0 spiro atoms. The first kappa shape index (κ1) is 21.9. The summed E-state index contributed by atoms with van der Waals surface area (Å²) in [5.74, 6) is 1.44. The maximum absolute atomic E-state index is 12.3. The number of hydrogen-bond donors (Lipinski definition) is 0. The minimum atomic E-state index is 0.172. The van der Waals surface area contributed by atoms with Crippen LogP contribution >= 0.6 is 0 Å². The lowest BCUT2D eigenvalue weighted by molar-refractivity contribution is -0.130. The van der Waals surface area contributed by atoms with E-state index in [0.717, 1.165) is 38.3 Å². The lowest BCUT2D eigenvalue weighted by Crippen LogP contribution is -2.41. The zero-order valence-corrected chi connectivity index (χ0v) is 18.0. The van der Waals surface area contributed by atoms with Gasteiger partial charge in [0.05, 0.1) is 6.10 Å². The highest BCUT2D eigenvalue weighted by atomic mass is 16.5. The number of hydrogen-bond acceptors (Lipinski definition) is 2. The van der Waals surface area contributed by atoms with Crippen LogP contribution in [0.25, 0.3) is 0 Å². The van der Waals surface area contributed by atoms with Crippen molar-refractivity contribution >= 4 is 5.91 Å². The van der Waals surface area contributed by atoms with Gasteiger partial charge in [0.15, 0.2) is 0 Å². The standard InChI is InChI=1S/C24H39NO2/c1-19(2)11-12-24(14-16-27-23(17-24)20(3)4)13-15-25(21(5)26)18-22-9-7-6-8-10-22/h6-10,19-20,23H,11-18H2,1-5H3/t23-,24-/m1/s1. The second kappa shape index (κ2) is 10.3. The van der Waals surface area contributed by atoms with Gasteiger partial charge in [-0.15, -0.1) is 0 Å². The Balaban J connectivity index is 2.07. The molecule has 0 aromatic heterocycles. The van der Waals surface area contributed by atoms with Gasteiger partial charge in [0.2, 0.25) is 5.91 Å². The van der Waals surface area contributed by atoms with Crippen molar-refractivity contribution in [1.82, 2.24) is 4.90 Å². The summed E-state index contributed by atoms with van der Waals surface area (Å²) in [5.41, 5.74) is 1.51. The maximum Gasteiger partial charge on any atom is 0.219 e. The molecule has 2 rings (SSSR count). The predicted molar refractivity (Wildman–Crippen MR) is 112 cm³/mol. The van der Waals surface area contributed by atoms with Gasteiger partial charge >= 0.3 is 0 Å². The predicted octanol–water partition coefficient (Wildman–Crippen LogP) is 5.68. The van der Waals surface area contributed by atoms with Gasteiger partial charge in [0.1, 0.15) is 0 Å². The molecule has 3 heteroatoms. The monoisotopic (exact) mass is 373 g/mol. The summed E-state index contributed by atoms with van der Waals surface area (Å²) < 4.78 is 6.07. The molecule has 1 fully saturated rings. The van der Waals surface area contributed by atoms with Crippen LogP contribution in [-0.4, -0.2) is 30.1 Å². The Morgan fingerprint density at radius 3 is 2.48 bits per heavy atom. The number of amides is 1. The third kappa shape index (κ3) is 6.95. The van der Waals surface area contributed by atoms with Crippen LogP contribution < -0.4 is 0 Å². The van der Waals surface area contributed by atoms with Crippen LogP contribution in [0.4, 0.5) is 0 Å². The van der Waals surface area contributed by atoms with E-state index in [9.17, 15) is 4.79 Å². The molecule has 1 amide bonds. The highest BCUT2D eigenvalue weighted by Gasteiger charge is 2.38. The van der Waals surface area contributed by atoms with Gasteiger partial charge in [0.25, 0.3) is 0 Å². The molecule has 2 atom stereocenters. The van der Waals surface area contributed by atoms with E-state index in [1.807, 2.05) is 23.1 Å². The summed E-state index contributed by atoms with van der Waals surface area (Å²) in [6.45, 7) is 13.3. The van der Waals surface area contributed by atoms with Crippen molar-refractivity contribution < 1.29 is 9.53 Å². The Kier molecular flexibility index (Phi) is 8.34. The van der Waals surface area contributed by atoms with Gasteiger partial charge in [-0.1, -0.05) is 64.4 Å². The van der Waals surface area contributed by atoms with Gasteiger partial charge in [-0.25, -0.2) is 0 Å². The lowest BCUT2D eigenvalue weighted by Gasteiger charge is -2.44. The number of nitrogens with zero attached hydrogens (tertiary/aromatic N) is 1. The normalized spacial score (nSPS) is 23.0. The molecule has 1 heterocycles. The third-order valence-corrected chi connectivity index (χ3v) is 6.17. The molecule has 0 saturated carbocycles. The first-order chi connectivity index (χ1) is 12.8. The molecule has 0 radical (unpaired) electrons. The fourth-order valence-electron chi connectivity index (χ4n) is 4.14. The quantitative estimate of drug-likeness (QED) is 0.557. The Morgan fingerprint density at radius 2 is 1.89 bits per heavy atom. The van der Waals surface area contributed by atoms with E-state index in [1.54, 1.807) is 6.92 Å². The van der Waals surface area contributed by atoms with E-state index < -0.39 is 0 Å². The first-order valence-corrected chi connectivity index (χ1v) is 10.7. The van der Waals surface area contributed by atoms with Gasteiger partial charge in [-0.05, 0) is 48.5 Å². The molecular formula is C24H39NO2. The molecule has 0 N–H and O–H groups in total. The Bertz CT molecular complexity index is 569. The van der Waals surface area contributed by atoms with Crippen molar-refractivity contribution in [3.63, 3.8) is 0 Å². The Morgan fingerprint density at radius 1 is 1.19 bits per heavy atom. The van der Waals surface area contributed by atoms with Gasteiger partial charge in [0, 0.05) is 26.6 Å². The molecule has 0 unspecified atom stereocenters. The van der Waals surface area contributed by atoms with E-state index in [0.29, 0.717) is 24.0 Å². The van der Waals surface area contributed by atoms with E-state index in [4.69, 9.17) is 4.74 Å². The SMILES string of the molecule is CC(=O)N(CC[C@]1(CCC(C)C)CCO[C@@H](C(C)C)C1)Cc1ccccc1. The fraction of sp³-hybridized carbons (Fsp3) is 0.708. The fourth-order valence-corrected chi connectivity index (χ4v) is 4.14. The van der Waals surface area contributed by atoms with Crippen molar-refractivity contribution in [2.75, 3.05) is 13.2 Å². The highest BCUT2D eigenvalue weighted by molar-refractivity contribution is 5.73. The second-order valence-electron chi connectivity index (χ2n) is 9.22. The minimum absolute atomic E-state index is 0.172. The van der Waals surface area contributed by atoms with E-state index in [-0.39, 0.29) is 5.91 Å². The molecule has 0 aliphatic carbocycles. The average molecular weight is 374 g/mol. The lowest BCUT2D eigenvalue weighted by atomic mass is 9.69. The van der Waals surface area contributed by atoms with Gasteiger partial charge in [-0.3, -0.25) is 4.79 Å². The van der Waals surface area contributed by atoms with Crippen molar-refractivity contribution in [3.05, 3.63) is 35.9 Å². The smallest absolute Gasteiger partial charge is 0.219 e. The molecule has 3 nitrogen and oxygen atoms in total. The molecule has 1 aromatic rings. The summed E-state index contributed by atoms with van der Waals surface area (Å²) >= 11 is 0. The largest absolute Gasteiger partial charge is 0.378 e. The first-order valence-electron chi connectivity index (χ1n) is 10.7. The van der Waals surface area contributed by atoms with Crippen molar-refractivity contribution in [3.8, 4) is 0 Å². The zero-order valence-electron chi connectivity index (χ0n) is 18.0. The molecule has 0 bridgehead atoms.